The maximum atomic E-state index is 10.5. The molecule has 3 nitrogen and oxygen atoms in total. The molecule has 0 amide bonds. The van der Waals surface area contributed by atoms with Gasteiger partial charge in [-0.25, -0.2) is 0 Å². The van der Waals surface area contributed by atoms with Crippen molar-refractivity contribution in [3.8, 4) is 5.75 Å². The summed E-state index contributed by atoms with van der Waals surface area (Å²) < 4.78 is 0. The van der Waals surface area contributed by atoms with Crippen LogP contribution in [0.25, 0.3) is 0 Å². The number of aliphatic hydroxyl groups excluding tert-OH is 2. The molecule has 3 rings (SSSR count). The van der Waals surface area contributed by atoms with Gasteiger partial charge in [-0.3, -0.25) is 0 Å². The molecule has 0 aliphatic heterocycles. The van der Waals surface area contributed by atoms with Gasteiger partial charge in [0.2, 0.25) is 0 Å². The SMILES string of the molecule is C[C@@H](CO)c1cc2c(cc1O)[C@@]1(C)C[C@H](O)CC(C)(C)[C@@H]1CC2. The molecule has 0 unspecified atom stereocenters. The molecule has 23 heavy (non-hydrogen) atoms. The van der Waals surface area contributed by atoms with Gasteiger partial charge in [0.25, 0.3) is 0 Å². The predicted molar refractivity (Wildman–Crippen MR) is 91.8 cm³/mol. The first kappa shape index (κ1) is 16.8. The summed E-state index contributed by atoms with van der Waals surface area (Å²) in [6.45, 7) is 8.77. The molecule has 0 aromatic heterocycles. The highest BCUT2D eigenvalue weighted by atomic mass is 16.3. The molecule has 3 N–H and O–H groups in total. The normalized spacial score (nSPS) is 33.7. The number of aryl methyl sites for hydroxylation is 1. The summed E-state index contributed by atoms with van der Waals surface area (Å²) in [5.41, 5.74) is 3.34. The number of aliphatic hydroxyl groups is 2. The van der Waals surface area contributed by atoms with Crippen LogP contribution in [0.4, 0.5) is 0 Å². The van der Waals surface area contributed by atoms with E-state index in [0.29, 0.717) is 5.92 Å². The van der Waals surface area contributed by atoms with Crippen molar-refractivity contribution in [1.29, 1.82) is 0 Å². The summed E-state index contributed by atoms with van der Waals surface area (Å²) in [4.78, 5) is 0. The number of benzene rings is 1. The van der Waals surface area contributed by atoms with Gasteiger partial charge in [0.1, 0.15) is 5.75 Å². The zero-order valence-corrected chi connectivity index (χ0v) is 14.8. The van der Waals surface area contributed by atoms with Gasteiger partial charge in [0.15, 0.2) is 0 Å². The molecule has 0 spiro atoms. The van der Waals surface area contributed by atoms with Gasteiger partial charge in [-0.1, -0.05) is 33.8 Å². The van der Waals surface area contributed by atoms with Crippen molar-refractivity contribution in [3.63, 3.8) is 0 Å². The van der Waals surface area contributed by atoms with Crippen molar-refractivity contribution < 1.29 is 15.3 Å². The fraction of sp³-hybridized carbons (Fsp3) is 0.700. The van der Waals surface area contributed by atoms with Crippen LogP contribution >= 0.6 is 0 Å². The summed E-state index contributed by atoms with van der Waals surface area (Å²) in [5.74, 6) is 0.746. The van der Waals surface area contributed by atoms with E-state index < -0.39 is 0 Å². The molecule has 0 bridgehead atoms. The van der Waals surface area contributed by atoms with Crippen LogP contribution in [-0.4, -0.2) is 28.0 Å². The standard InChI is InChI=1S/C20H30O3/c1-12(11-21)15-7-13-5-6-18-19(2,3)9-14(22)10-20(18,4)16(13)8-17(15)23/h7-8,12,14,18,21-23H,5-6,9-11H2,1-4H3/t12-,14+,18-,20+/m0/s1. The first-order chi connectivity index (χ1) is 10.7. The van der Waals surface area contributed by atoms with E-state index in [0.717, 1.165) is 31.2 Å². The van der Waals surface area contributed by atoms with Gasteiger partial charge in [0.05, 0.1) is 6.10 Å². The molecule has 2 aliphatic rings. The Bertz CT molecular complexity index is 607. The summed E-state index contributed by atoms with van der Waals surface area (Å²) >= 11 is 0. The van der Waals surface area contributed by atoms with Gasteiger partial charge in [0, 0.05) is 12.5 Å². The topological polar surface area (TPSA) is 60.7 Å². The van der Waals surface area contributed by atoms with Crippen LogP contribution in [0.3, 0.4) is 0 Å². The van der Waals surface area contributed by atoms with Crippen molar-refractivity contribution in [1.82, 2.24) is 0 Å². The Morgan fingerprint density at radius 1 is 1.22 bits per heavy atom. The average Bonchev–Trinajstić information content (AvgIpc) is 2.44. The van der Waals surface area contributed by atoms with Crippen molar-refractivity contribution in [3.05, 3.63) is 28.8 Å². The molecule has 1 saturated carbocycles. The van der Waals surface area contributed by atoms with Crippen LogP contribution in [0, 0.1) is 11.3 Å². The molecule has 2 aliphatic carbocycles. The van der Waals surface area contributed by atoms with Crippen molar-refractivity contribution in [2.45, 2.75) is 70.8 Å². The lowest BCUT2D eigenvalue weighted by Gasteiger charge is -2.55. The second-order valence-electron chi connectivity index (χ2n) is 8.71. The number of hydrogen-bond donors (Lipinski definition) is 3. The Morgan fingerprint density at radius 2 is 1.91 bits per heavy atom. The van der Waals surface area contributed by atoms with Crippen LogP contribution < -0.4 is 0 Å². The third kappa shape index (κ3) is 2.58. The summed E-state index contributed by atoms with van der Waals surface area (Å²) in [6.07, 6.45) is 3.48. The van der Waals surface area contributed by atoms with Crippen LogP contribution in [0.15, 0.2) is 12.1 Å². The number of phenolic OH excluding ortho intramolecular Hbond substituents is 1. The zero-order chi connectivity index (χ0) is 17.0. The second kappa shape index (κ2) is 5.49. The van der Waals surface area contributed by atoms with Gasteiger partial charge in [-0.05, 0) is 65.2 Å². The number of fused-ring (bicyclic) bond motifs is 3. The van der Waals surface area contributed by atoms with E-state index in [-0.39, 0.29) is 35.2 Å². The fourth-order valence-corrected chi connectivity index (χ4v) is 5.51. The van der Waals surface area contributed by atoms with Crippen molar-refractivity contribution in [2.24, 2.45) is 11.3 Å². The Balaban J connectivity index is 2.11. The fourth-order valence-electron chi connectivity index (χ4n) is 5.51. The van der Waals surface area contributed by atoms with E-state index in [2.05, 4.69) is 26.8 Å². The van der Waals surface area contributed by atoms with Gasteiger partial charge >= 0.3 is 0 Å². The predicted octanol–water partition coefficient (Wildman–Crippen LogP) is 3.49. The maximum Gasteiger partial charge on any atom is 0.119 e. The number of rotatable bonds is 2. The molecular formula is C20H30O3. The smallest absolute Gasteiger partial charge is 0.119 e. The minimum atomic E-state index is -0.282. The average molecular weight is 318 g/mol. The molecule has 0 saturated heterocycles. The lowest BCUT2D eigenvalue weighted by Crippen LogP contribution is -2.52. The minimum Gasteiger partial charge on any atom is -0.508 e. The van der Waals surface area contributed by atoms with Crippen LogP contribution in [0.5, 0.6) is 5.75 Å². The van der Waals surface area contributed by atoms with E-state index in [1.807, 2.05) is 13.0 Å². The Morgan fingerprint density at radius 3 is 2.57 bits per heavy atom. The maximum absolute atomic E-state index is 10.5. The largest absolute Gasteiger partial charge is 0.508 e. The van der Waals surface area contributed by atoms with Crippen molar-refractivity contribution in [2.75, 3.05) is 6.61 Å². The molecule has 0 radical (unpaired) electrons. The number of aromatic hydroxyl groups is 1. The first-order valence-electron chi connectivity index (χ1n) is 8.84. The third-order valence-electron chi connectivity index (χ3n) is 6.51. The monoisotopic (exact) mass is 318 g/mol. The lowest BCUT2D eigenvalue weighted by atomic mass is 9.49. The van der Waals surface area contributed by atoms with E-state index in [1.54, 1.807) is 0 Å². The number of phenols is 1. The molecule has 4 atom stereocenters. The van der Waals surface area contributed by atoms with Gasteiger partial charge < -0.3 is 15.3 Å². The molecule has 1 fully saturated rings. The van der Waals surface area contributed by atoms with E-state index in [4.69, 9.17) is 0 Å². The molecule has 128 valence electrons. The zero-order valence-electron chi connectivity index (χ0n) is 14.8. The molecule has 3 heteroatoms. The van der Waals surface area contributed by atoms with Gasteiger partial charge in [-0.2, -0.15) is 0 Å². The highest BCUT2D eigenvalue weighted by Gasteiger charge is 2.52. The molecule has 1 aromatic rings. The van der Waals surface area contributed by atoms with Gasteiger partial charge in [-0.15, -0.1) is 0 Å². The summed E-state index contributed by atoms with van der Waals surface area (Å²) in [6, 6.07) is 4.00. The lowest BCUT2D eigenvalue weighted by molar-refractivity contribution is -0.0384. The second-order valence-corrected chi connectivity index (χ2v) is 8.71. The Labute approximate surface area is 139 Å². The van der Waals surface area contributed by atoms with E-state index >= 15 is 0 Å². The molecule has 1 aromatic carbocycles. The minimum absolute atomic E-state index is 0.0397. The Kier molecular flexibility index (Phi) is 4.01. The van der Waals surface area contributed by atoms with Crippen LogP contribution in [0.1, 0.15) is 69.6 Å². The highest BCUT2D eigenvalue weighted by Crippen LogP contribution is 2.57. The molecular weight excluding hydrogens is 288 g/mol. The first-order valence-corrected chi connectivity index (χ1v) is 8.84. The highest BCUT2D eigenvalue weighted by molar-refractivity contribution is 5.49. The van der Waals surface area contributed by atoms with Crippen LogP contribution in [0.2, 0.25) is 0 Å². The van der Waals surface area contributed by atoms with Crippen molar-refractivity contribution >= 4 is 0 Å². The third-order valence-corrected chi connectivity index (χ3v) is 6.51. The Hall–Kier alpha value is -1.06. The quantitative estimate of drug-likeness (QED) is 0.782. The van der Waals surface area contributed by atoms with E-state index in [9.17, 15) is 15.3 Å². The summed E-state index contributed by atoms with van der Waals surface area (Å²) in [5, 5.41) is 30.3. The van der Waals surface area contributed by atoms with Crippen LogP contribution in [-0.2, 0) is 11.8 Å². The van der Waals surface area contributed by atoms with E-state index in [1.165, 1.54) is 11.1 Å². The number of hydrogen-bond acceptors (Lipinski definition) is 3. The molecule has 0 heterocycles. The summed E-state index contributed by atoms with van der Waals surface area (Å²) in [7, 11) is 0.